The maximum absolute atomic E-state index is 12.8. The highest BCUT2D eigenvalue weighted by atomic mass is 16.6. The number of ether oxygens (including phenoxy) is 1. The van der Waals surface area contributed by atoms with E-state index in [4.69, 9.17) is 4.74 Å². The molecule has 1 N–H and O–H groups in total. The molecule has 0 saturated carbocycles. The third-order valence-corrected chi connectivity index (χ3v) is 7.10. The Balaban J connectivity index is 1.62. The number of hydrogen-bond donors (Lipinski definition) is 1. The van der Waals surface area contributed by atoms with Crippen LogP contribution in [-0.2, 0) is 10.3 Å². The monoisotopic (exact) mass is 521 g/mol. The van der Waals surface area contributed by atoms with Gasteiger partial charge in [-0.1, -0.05) is 91.0 Å². The fourth-order valence-electron chi connectivity index (χ4n) is 5.44. The van der Waals surface area contributed by atoms with E-state index < -0.39 is 23.3 Å². The normalized spacial score (nSPS) is 17.7. The number of piperidine rings is 1. The first-order valence-corrected chi connectivity index (χ1v) is 13.4. The molecule has 5 rings (SSSR count). The van der Waals surface area contributed by atoms with Crippen LogP contribution in [0.25, 0.3) is 6.08 Å². The molecule has 1 atom stereocenters. The molecule has 1 fully saturated rings. The van der Waals surface area contributed by atoms with Crippen LogP contribution in [0.15, 0.2) is 109 Å². The molecular formula is C33H35N3O3. The van der Waals surface area contributed by atoms with Crippen LogP contribution >= 0.6 is 0 Å². The molecular weight excluding hydrogens is 486 g/mol. The van der Waals surface area contributed by atoms with Crippen molar-refractivity contribution in [1.82, 2.24) is 14.5 Å². The van der Waals surface area contributed by atoms with Gasteiger partial charge in [-0.05, 0) is 55.5 Å². The Morgan fingerprint density at radius 2 is 1.41 bits per heavy atom. The van der Waals surface area contributed by atoms with E-state index in [0.29, 0.717) is 25.3 Å². The summed E-state index contributed by atoms with van der Waals surface area (Å²) in [5, 5.41) is 11.1. The van der Waals surface area contributed by atoms with Gasteiger partial charge in [0.1, 0.15) is 11.4 Å². The van der Waals surface area contributed by atoms with Gasteiger partial charge in [-0.2, -0.15) is 0 Å². The van der Waals surface area contributed by atoms with E-state index in [0.717, 1.165) is 22.3 Å². The van der Waals surface area contributed by atoms with Crippen molar-refractivity contribution in [3.63, 3.8) is 0 Å². The number of carbonyl (C=O) groups excluding carboxylic acids is 1. The zero-order valence-electron chi connectivity index (χ0n) is 22.7. The Morgan fingerprint density at radius 1 is 0.897 bits per heavy atom. The minimum Gasteiger partial charge on any atom is -0.443 e. The van der Waals surface area contributed by atoms with Crippen LogP contribution in [0.5, 0.6) is 0 Å². The quantitative estimate of drug-likeness (QED) is 0.321. The summed E-state index contributed by atoms with van der Waals surface area (Å²) in [6.45, 7) is 6.66. The number of carbonyl (C=O) groups is 1. The van der Waals surface area contributed by atoms with E-state index in [1.165, 1.54) is 4.57 Å². The molecule has 200 valence electrons. The number of aromatic nitrogens is 2. The number of rotatable bonds is 5. The molecule has 1 aromatic heterocycles. The van der Waals surface area contributed by atoms with E-state index in [-0.39, 0.29) is 0 Å². The van der Waals surface area contributed by atoms with Crippen molar-refractivity contribution in [1.29, 1.82) is 0 Å². The second kappa shape index (κ2) is 11.0. The Morgan fingerprint density at radius 3 is 1.90 bits per heavy atom. The summed E-state index contributed by atoms with van der Waals surface area (Å²) in [5.74, 6) is 0.435. The van der Waals surface area contributed by atoms with Gasteiger partial charge in [0.15, 0.2) is 0 Å². The smallest absolute Gasteiger partial charge is 0.420 e. The highest BCUT2D eigenvalue weighted by Gasteiger charge is 2.44. The van der Waals surface area contributed by atoms with E-state index in [9.17, 15) is 9.90 Å². The molecule has 0 aliphatic carbocycles. The molecule has 1 aliphatic rings. The summed E-state index contributed by atoms with van der Waals surface area (Å²) in [4.78, 5) is 19.7. The molecule has 2 heterocycles. The highest BCUT2D eigenvalue weighted by Crippen LogP contribution is 2.44. The molecule has 39 heavy (non-hydrogen) atoms. The van der Waals surface area contributed by atoms with E-state index in [2.05, 4.69) is 82.7 Å². The zero-order valence-corrected chi connectivity index (χ0v) is 22.7. The van der Waals surface area contributed by atoms with Gasteiger partial charge in [-0.3, -0.25) is 4.90 Å². The van der Waals surface area contributed by atoms with Crippen LogP contribution in [0.3, 0.4) is 0 Å². The number of nitrogens with zero attached hydrogens (tertiary/aromatic N) is 3. The number of benzene rings is 3. The molecule has 0 bridgehead atoms. The third-order valence-electron chi connectivity index (χ3n) is 7.10. The van der Waals surface area contributed by atoms with Gasteiger partial charge in [-0.15, -0.1) is 0 Å². The molecule has 1 saturated heterocycles. The topological polar surface area (TPSA) is 67.6 Å². The van der Waals surface area contributed by atoms with Crippen molar-refractivity contribution in [2.45, 2.75) is 44.4 Å². The zero-order chi connectivity index (χ0) is 27.5. The lowest BCUT2D eigenvalue weighted by molar-refractivity contribution is 0.0535. The fourth-order valence-corrected chi connectivity index (χ4v) is 5.44. The first-order chi connectivity index (χ1) is 18.8. The summed E-state index contributed by atoms with van der Waals surface area (Å²) in [5.41, 5.74) is 3.01. The molecule has 0 amide bonds. The average Bonchev–Trinajstić information content (AvgIpc) is 3.40. The second-order valence-electron chi connectivity index (χ2n) is 10.9. The standard InChI is InChI=1S/C33H35N3O3/c1-32(2,3)39-31(38)36-22-20-34-30(36)23-25-24-35(21-19-29(25)37)33(26-13-7-4-8-14-26,27-15-9-5-10-16-27)28-17-11-6-12-18-28/h4-18,20,22-23,29,37H,19,21,24H2,1-3H3/b25-23+. The Labute approximate surface area is 230 Å². The van der Waals surface area contributed by atoms with Gasteiger partial charge in [0.05, 0.1) is 11.6 Å². The van der Waals surface area contributed by atoms with Gasteiger partial charge in [0, 0.05) is 25.5 Å². The molecule has 0 spiro atoms. The minimum atomic E-state index is -0.648. The summed E-state index contributed by atoms with van der Waals surface area (Å²) >= 11 is 0. The predicted molar refractivity (Wildman–Crippen MR) is 153 cm³/mol. The lowest BCUT2D eigenvalue weighted by Gasteiger charge is -2.48. The molecule has 0 radical (unpaired) electrons. The lowest BCUT2D eigenvalue weighted by atomic mass is 9.74. The van der Waals surface area contributed by atoms with Gasteiger partial charge in [0.25, 0.3) is 0 Å². The van der Waals surface area contributed by atoms with Gasteiger partial charge in [0.2, 0.25) is 0 Å². The van der Waals surface area contributed by atoms with Crippen molar-refractivity contribution in [3.05, 3.63) is 131 Å². The van der Waals surface area contributed by atoms with Crippen LogP contribution in [0.1, 0.15) is 49.7 Å². The number of aliphatic hydroxyl groups excluding tert-OH is 1. The number of hydrogen-bond acceptors (Lipinski definition) is 5. The van der Waals surface area contributed by atoms with E-state index >= 15 is 0 Å². The number of imidazole rings is 1. The van der Waals surface area contributed by atoms with Crippen molar-refractivity contribution in [2.24, 2.45) is 0 Å². The van der Waals surface area contributed by atoms with Crippen LogP contribution in [0.2, 0.25) is 0 Å². The second-order valence-corrected chi connectivity index (χ2v) is 10.9. The van der Waals surface area contributed by atoms with Crippen molar-refractivity contribution in [3.8, 4) is 0 Å². The highest BCUT2D eigenvalue weighted by molar-refractivity contribution is 5.74. The average molecular weight is 522 g/mol. The largest absolute Gasteiger partial charge is 0.443 e. The van der Waals surface area contributed by atoms with Crippen LogP contribution in [0, 0.1) is 0 Å². The van der Waals surface area contributed by atoms with Gasteiger partial charge >= 0.3 is 6.09 Å². The summed E-state index contributed by atoms with van der Waals surface area (Å²) in [7, 11) is 0. The van der Waals surface area contributed by atoms with Gasteiger partial charge in [-0.25, -0.2) is 14.3 Å². The minimum absolute atomic E-state index is 0.435. The fraction of sp³-hybridized carbons (Fsp3) is 0.273. The summed E-state index contributed by atoms with van der Waals surface area (Å²) in [6.07, 6.45) is 4.40. The van der Waals surface area contributed by atoms with Crippen molar-refractivity contribution < 1.29 is 14.6 Å². The molecule has 6 heteroatoms. The Kier molecular flexibility index (Phi) is 7.51. The molecule has 4 aromatic rings. The van der Waals surface area contributed by atoms with Gasteiger partial charge < -0.3 is 9.84 Å². The predicted octanol–water partition coefficient (Wildman–Crippen LogP) is 6.11. The molecule has 1 unspecified atom stereocenters. The molecule has 6 nitrogen and oxygen atoms in total. The van der Waals surface area contributed by atoms with Crippen molar-refractivity contribution >= 4 is 12.2 Å². The lowest BCUT2D eigenvalue weighted by Crippen LogP contribution is -2.52. The number of likely N-dealkylation sites (tertiary alicyclic amines) is 1. The van der Waals surface area contributed by atoms with E-state index in [1.807, 2.05) is 45.0 Å². The van der Waals surface area contributed by atoms with E-state index in [1.54, 1.807) is 12.4 Å². The van der Waals surface area contributed by atoms with Crippen LogP contribution < -0.4 is 0 Å². The third kappa shape index (κ3) is 5.44. The first-order valence-electron chi connectivity index (χ1n) is 13.4. The number of aliphatic hydroxyl groups is 1. The van der Waals surface area contributed by atoms with Crippen LogP contribution in [0.4, 0.5) is 4.79 Å². The maximum Gasteiger partial charge on any atom is 0.420 e. The Hall–Kier alpha value is -4.00. The maximum atomic E-state index is 12.8. The SMILES string of the molecule is CC(C)(C)OC(=O)n1ccnc1/C=C1\CN(C(c2ccccc2)(c2ccccc2)c2ccccc2)CCC1O. The van der Waals surface area contributed by atoms with Crippen LogP contribution in [-0.4, -0.2) is 50.4 Å². The molecule has 1 aliphatic heterocycles. The Bertz CT molecular complexity index is 1330. The summed E-state index contributed by atoms with van der Waals surface area (Å²) < 4.78 is 6.96. The summed E-state index contributed by atoms with van der Waals surface area (Å²) in [6, 6.07) is 31.6. The molecule has 3 aromatic carbocycles. The van der Waals surface area contributed by atoms with Crippen molar-refractivity contribution in [2.75, 3.05) is 13.1 Å². The first kappa shape index (κ1) is 26.6.